The Hall–Kier alpha value is -2.53. The Morgan fingerprint density at radius 1 is 1.10 bits per heavy atom. The number of phenolic OH excluding ortho intramolecular Hbond substituents is 1. The predicted octanol–water partition coefficient (Wildman–Crippen LogP) is 3.03. The molecule has 1 amide bonds. The molecule has 152 valence electrons. The van der Waals surface area contributed by atoms with E-state index in [4.69, 9.17) is 4.74 Å². The molecule has 5 nitrogen and oxygen atoms in total. The van der Waals surface area contributed by atoms with Crippen molar-refractivity contribution in [2.24, 2.45) is 5.92 Å². The molecular weight excluding hydrogens is 364 g/mol. The second-order valence-corrected chi connectivity index (χ2v) is 8.63. The number of nitrogens with zero attached hydrogens (tertiary/aromatic N) is 2. The molecule has 2 bridgehead atoms. The van der Waals surface area contributed by atoms with Crippen LogP contribution in [0.15, 0.2) is 48.5 Å². The van der Waals surface area contributed by atoms with E-state index in [9.17, 15) is 9.90 Å². The molecule has 4 heterocycles. The molecule has 2 aromatic rings. The number of hydrogen-bond acceptors (Lipinski definition) is 4. The number of amides is 1. The largest absolute Gasteiger partial charge is 0.508 e. The standard InChI is InChI=1S/C24H28N2O3/c1-29-20-7-2-4-16(12-20)13-22(28)26-15-21(18-5-3-6-19(27)14-18)24-23(26)17-8-10-25(24)11-9-17/h2-7,12,14,17,21,23-24,27H,8-11,13,15H2,1H3/t21-,23+,24+/m1/s1. The molecule has 4 saturated heterocycles. The first-order valence-corrected chi connectivity index (χ1v) is 10.6. The maximum atomic E-state index is 13.4. The van der Waals surface area contributed by atoms with Crippen LogP contribution in [-0.4, -0.2) is 59.6 Å². The van der Waals surface area contributed by atoms with Crippen molar-refractivity contribution in [1.82, 2.24) is 9.80 Å². The average molecular weight is 392 g/mol. The third-order valence-electron chi connectivity index (χ3n) is 7.10. The van der Waals surface area contributed by atoms with Gasteiger partial charge < -0.3 is 14.7 Å². The minimum atomic E-state index is 0.199. The van der Waals surface area contributed by atoms with Crippen LogP contribution in [0.2, 0.25) is 0 Å². The van der Waals surface area contributed by atoms with Crippen molar-refractivity contribution in [2.75, 3.05) is 26.7 Å². The van der Waals surface area contributed by atoms with Crippen LogP contribution in [-0.2, 0) is 11.2 Å². The van der Waals surface area contributed by atoms with Gasteiger partial charge in [0.15, 0.2) is 0 Å². The summed E-state index contributed by atoms with van der Waals surface area (Å²) in [5.74, 6) is 2.13. The van der Waals surface area contributed by atoms with E-state index in [1.165, 1.54) is 12.8 Å². The number of rotatable bonds is 4. The van der Waals surface area contributed by atoms with E-state index in [0.29, 0.717) is 24.1 Å². The van der Waals surface area contributed by atoms with Gasteiger partial charge in [0, 0.05) is 18.5 Å². The van der Waals surface area contributed by atoms with Gasteiger partial charge in [-0.1, -0.05) is 24.3 Å². The number of piperidine rings is 3. The van der Waals surface area contributed by atoms with Gasteiger partial charge in [-0.3, -0.25) is 9.69 Å². The fourth-order valence-corrected chi connectivity index (χ4v) is 5.81. The molecule has 4 aliphatic heterocycles. The summed E-state index contributed by atoms with van der Waals surface area (Å²) < 4.78 is 5.32. The van der Waals surface area contributed by atoms with Crippen LogP contribution < -0.4 is 4.74 Å². The quantitative estimate of drug-likeness (QED) is 0.869. The van der Waals surface area contributed by atoms with E-state index in [2.05, 4.69) is 15.9 Å². The average Bonchev–Trinajstić information content (AvgIpc) is 3.18. The number of phenols is 1. The predicted molar refractivity (Wildman–Crippen MR) is 111 cm³/mol. The first-order valence-electron chi connectivity index (χ1n) is 10.6. The van der Waals surface area contributed by atoms with Gasteiger partial charge in [0.2, 0.25) is 5.91 Å². The van der Waals surface area contributed by atoms with Crippen molar-refractivity contribution in [3.05, 3.63) is 59.7 Å². The van der Waals surface area contributed by atoms with Crippen molar-refractivity contribution < 1.29 is 14.6 Å². The number of ether oxygens (including phenoxy) is 1. The maximum absolute atomic E-state index is 13.4. The van der Waals surface area contributed by atoms with Crippen molar-refractivity contribution in [3.63, 3.8) is 0 Å². The van der Waals surface area contributed by atoms with Crippen LogP contribution in [0.3, 0.4) is 0 Å². The highest BCUT2D eigenvalue weighted by Gasteiger charge is 2.54. The molecule has 2 aromatic carbocycles. The smallest absolute Gasteiger partial charge is 0.227 e. The van der Waals surface area contributed by atoms with Gasteiger partial charge in [-0.2, -0.15) is 0 Å². The zero-order valence-electron chi connectivity index (χ0n) is 16.8. The number of benzene rings is 2. The molecule has 0 spiro atoms. The number of hydrogen-bond donors (Lipinski definition) is 1. The van der Waals surface area contributed by atoms with Crippen LogP contribution in [0.25, 0.3) is 0 Å². The molecule has 29 heavy (non-hydrogen) atoms. The number of fused-ring (bicyclic) bond motifs is 2. The van der Waals surface area contributed by atoms with Crippen LogP contribution in [0.1, 0.15) is 29.9 Å². The number of carbonyl (C=O) groups is 1. The van der Waals surface area contributed by atoms with Gasteiger partial charge in [0.25, 0.3) is 0 Å². The molecule has 1 N–H and O–H groups in total. The monoisotopic (exact) mass is 392 g/mol. The van der Waals surface area contributed by atoms with Gasteiger partial charge >= 0.3 is 0 Å². The van der Waals surface area contributed by atoms with Crippen LogP contribution >= 0.6 is 0 Å². The first-order chi connectivity index (χ1) is 14.1. The Balaban J connectivity index is 1.44. The fourth-order valence-electron chi connectivity index (χ4n) is 5.81. The molecule has 0 aliphatic carbocycles. The normalized spacial score (nSPS) is 30.2. The molecule has 4 fully saturated rings. The summed E-state index contributed by atoms with van der Waals surface area (Å²) in [6, 6.07) is 16.0. The van der Waals surface area contributed by atoms with E-state index in [1.807, 2.05) is 36.4 Å². The third kappa shape index (κ3) is 3.27. The lowest BCUT2D eigenvalue weighted by molar-refractivity contribution is -0.135. The molecule has 3 atom stereocenters. The zero-order chi connectivity index (χ0) is 20.0. The van der Waals surface area contributed by atoms with E-state index in [1.54, 1.807) is 13.2 Å². The van der Waals surface area contributed by atoms with E-state index < -0.39 is 0 Å². The molecule has 4 aliphatic rings. The van der Waals surface area contributed by atoms with Crippen molar-refractivity contribution in [1.29, 1.82) is 0 Å². The summed E-state index contributed by atoms with van der Waals surface area (Å²) in [6.07, 6.45) is 2.76. The summed E-state index contributed by atoms with van der Waals surface area (Å²) in [4.78, 5) is 18.1. The van der Waals surface area contributed by atoms with E-state index in [-0.39, 0.29) is 17.9 Å². The minimum absolute atomic E-state index is 0.199. The van der Waals surface area contributed by atoms with Crippen molar-refractivity contribution in [3.8, 4) is 11.5 Å². The maximum Gasteiger partial charge on any atom is 0.227 e. The van der Waals surface area contributed by atoms with Crippen molar-refractivity contribution >= 4 is 5.91 Å². The zero-order valence-corrected chi connectivity index (χ0v) is 16.8. The highest BCUT2D eigenvalue weighted by atomic mass is 16.5. The van der Waals surface area contributed by atoms with E-state index >= 15 is 0 Å². The van der Waals surface area contributed by atoms with Gasteiger partial charge in [0.05, 0.1) is 19.6 Å². The minimum Gasteiger partial charge on any atom is -0.508 e. The summed E-state index contributed by atoms with van der Waals surface area (Å²) in [5.41, 5.74) is 2.14. The Kier molecular flexibility index (Phi) is 4.70. The Morgan fingerprint density at radius 3 is 2.66 bits per heavy atom. The topological polar surface area (TPSA) is 53.0 Å². The highest BCUT2D eigenvalue weighted by Crippen LogP contribution is 2.47. The Bertz CT molecular complexity index is 907. The van der Waals surface area contributed by atoms with Crippen molar-refractivity contribution in [2.45, 2.75) is 37.3 Å². The third-order valence-corrected chi connectivity index (χ3v) is 7.10. The molecule has 6 rings (SSSR count). The van der Waals surface area contributed by atoms with Gasteiger partial charge in [-0.15, -0.1) is 0 Å². The number of likely N-dealkylation sites (tertiary alicyclic amines) is 1. The molecule has 5 heteroatoms. The number of aromatic hydroxyl groups is 1. The molecule has 0 saturated carbocycles. The Labute approximate surface area is 171 Å². The second-order valence-electron chi connectivity index (χ2n) is 8.63. The highest BCUT2D eigenvalue weighted by molar-refractivity contribution is 5.80. The first kappa shape index (κ1) is 18.5. The lowest BCUT2D eigenvalue weighted by atomic mass is 9.75. The number of methoxy groups -OCH3 is 1. The van der Waals surface area contributed by atoms with Gasteiger partial charge in [0.1, 0.15) is 11.5 Å². The lowest BCUT2D eigenvalue weighted by Gasteiger charge is -2.51. The molecular formula is C24H28N2O3. The summed E-state index contributed by atoms with van der Waals surface area (Å²) in [7, 11) is 1.65. The lowest BCUT2D eigenvalue weighted by Crippen LogP contribution is -2.60. The van der Waals surface area contributed by atoms with Crippen LogP contribution in [0.5, 0.6) is 11.5 Å². The summed E-state index contributed by atoms with van der Waals surface area (Å²) in [5, 5.41) is 10.0. The molecule has 0 unspecified atom stereocenters. The second kappa shape index (κ2) is 7.38. The summed E-state index contributed by atoms with van der Waals surface area (Å²) in [6.45, 7) is 2.98. The van der Waals surface area contributed by atoms with Crippen LogP contribution in [0.4, 0.5) is 0 Å². The van der Waals surface area contributed by atoms with Gasteiger partial charge in [-0.05, 0) is 67.2 Å². The number of carbonyl (C=O) groups excluding carboxylic acids is 1. The molecule has 0 radical (unpaired) electrons. The molecule has 0 aromatic heterocycles. The summed E-state index contributed by atoms with van der Waals surface area (Å²) >= 11 is 0. The fraction of sp³-hybridized carbons (Fsp3) is 0.458. The van der Waals surface area contributed by atoms with Gasteiger partial charge in [-0.25, -0.2) is 0 Å². The SMILES string of the molecule is COc1cccc(CC(=O)N2C[C@H](c3cccc(O)c3)[C@H]3[C@@H]2C2CCN3CC2)c1. The van der Waals surface area contributed by atoms with E-state index in [0.717, 1.165) is 36.5 Å². The van der Waals surface area contributed by atoms with Crippen LogP contribution in [0, 0.1) is 5.92 Å². The Morgan fingerprint density at radius 2 is 1.90 bits per heavy atom.